The van der Waals surface area contributed by atoms with Gasteiger partial charge in [-0.05, 0) is 25.8 Å². The van der Waals surface area contributed by atoms with Crippen molar-refractivity contribution in [1.82, 2.24) is 10.2 Å². The molecule has 102 valence electrons. The van der Waals surface area contributed by atoms with Gasteiger partial charge in [0.15, 0.2) is 0 Å². The predicted octanol–water partition coefficient (Wildman–Crippen LogP) is 0.00230. The van der Waals surface area contributed by atoms with Crippen molar-refractivity contribution in [2.24, 2.45) is 5.92 Å². The number of morpholine rings is 1. The maximum Gasteiger partial charge on any atom is 0.227 e. The molecule has 0 bridgehead atoms. The maximum atomic E-state index is 12.4. The van der Waals surface area contributed by atoms with Crippen LogP contribution >= 0.6 is 0 Å². The summed E-state index contributed by atoms with van der Waals surface area (Å²) in [4.78, 5) is 14.3. The third-order valence-corrected chi connectivity index (χ3v) is 4.19. The second kappa shape index (κ2) is 5.55. The zero-order valence-electron chi connectivity index (χ0n) is 10.8. The van der Waals surface area contributed by atoms with Crippen molar-refractivity contribution >= 4 is 5.91 Å². The zero-order valence-corrected chi connectivity index (χ0v) is 10.8. The molecular weight excluding hydrogens is 232 g/mol. The van der Waals surface area contributed by atoms with E-state index < -0.39 is 0 Å². The van der Waals surface area contributed by atoms with Gasteiger partial charge in [-0.1, -0.05) is 0 Å². The van der Waals surface area contributed by atoms with Crippen molar-refractivity contribution < 1.29 is 14.3 Å². The normalized spacial score (nSPS) is 37.1. The first-order chi connectivity index (χ1) is 8.84. The fourth-order valence-electron chi connectivity index (χ4n) is 3.12. The highest BCUT2D eigenvalue weighted by atomic mass is 16.5. The molecule has 0 spiro atoms. The molecule has 3 heterocycles. The van der Waals surface area contributed by atoms with E-state index in [1.807, 2.05) is 4.90 Å². The topological polar surface area (TPSA) is 50.8 Å². The SMILES string of the molecule is O=C(C1CCNC1)N1CCOC(C2CCCO2)C1. The Morgan fingerprint density at radius 2 is 2.06 bits per heavy atom. The Balaban J connectivity index is 1.57. The van der Waals surface area contributed by atoms with Crippen LogP contribution < -0.4 is 5.32 Å². The summed E-state index contributed by atoms with van der Waals surface area (Å²) in [6.07, 6.45) is 3.44. The van der Waals surface area contributed by atoms with Gasteiger partial charge < -0.3 is 19.7 Å². The predicted molar refractivity (Wildman–Crippen MR) is 66.3 cm³/mol. The first kappa shape index (κ1) is 12.4. The smallest absolute Gasteiger partial charge is 0.227 e. The van der Waals surface area contributed by atoms with Crippen LogP contribution in [0.25, 0.3) is 0 Å². The number of rotatable bonds is 2. The average molecular weight is 254 g/mol. The molecule has 1 amide bonds. The van der Waals surface area contributed by atoms with Gasteiger partial charge in [0.25, 0.3) is 0 Å². The van der Waals surface area contributed by atoms with Crippen LogP contribution in [-0.4, -0.2) is 62.4 Å². The maximum absolute atomic E-state index is 12.4. The third kappa shape index (κ3) is 2.53. The summed E-state index contributed by atoms with van der Waals surface area (Å²) in [7, 11) is 0. The Labute approximate surface area is 108 Å². The second-order valence-electron chi connectivity index (χ2n) is 5.43. The van der Waals surface area contributed by atoms with Gasteiger partial charge in [0, 0.05) is 26.2 Å². The minimum atomic E-state index is 0.0829. The molecule has 5 nitrogen and oxygen atoms in total. The lowest BCUT2D eigenvalue weighted by Crippen LogP contribution is -2.51. The van der Waals surface area contributed by atoms with E-state index in [1.165, 1.54) is 0 Å². The number of carbonyl (C=O) groups excluding carboxylic acids is 1. The number of nitrogens with zero attached hydrogens (tertiary/aromatic N) is 1. The van der Waals surface area contributed by atoms with E-state index in [1.54, 1.807) is 0 Å². The van der Waals surface area contributed by atoms with Gasteiger partial charge in [-0.15, -0.1) is 0 Å². The number of carbonyl (C=O) groups is 1. The summed E-state index contributed by atoms with van der Waals surface area (Å²) in [6, 6.07) is 0. The molecule has 3 aliphatic rings. The van der Waals surface area contributed by atoms with E-state index in [0.29, 0.717) is 19.1 Å². The third-order valence-electron chi connectivity index (χ3n) is 4.19. The van der Waals surface area contributed by atoms with Gasteiger partial charge in [0.05, 0.1) is 18.6 Å². The minimum Gasteiger partial charge on any atom is -0.375 e. The van der Waals surface area contributed by atoms with Crippen molar-refractivity contribution in [2.45, 2.75) is 31.5 Å². The van der Waals surface area contributed by atoms with Crippen LogP contribution in [0.1, 0.15) is 19.3 Å². The van der Waals surface area contributed by atoms with Crippen LogP contribution in [0, 0.1) is 5.92 Å². The molecule has 0 aromatic heterocycles. The molecule has 0 radical (unpaired) electrons. The summed E-state index contributed by atoms with van der Waals surface area (Å²) in [5.74, 6) is 0.472. The molecule has 3 fully saturated rings. The molecule has 0 aliphatic carbocycles. The van der Waals surface area contributed by atoms with Crippen LogP contribution in [0.4, 0.5) is 0 Å². The van der Waals surface area contributed by atoms with Gasteiger partial charge >= 0.3 is 0 Å². The Bertz CT molecular complexity index is 299. The minimum absolute atomic E-state index is 0.0829. The molecule has 3 aliphatic heterocycles. The molecule has 3 rings (SSSR count). The molecular formula is C13H22N2O3. The summed E-state index contributed by atoms with van der Waals surface area (Å²) < 4.78 is 11.4. The fraction of sp³-hybridized carbons (Fsp3) is 0.923. The highest BCUT2D eigenvalue weighted by molar-refractivity contribution is 5.79. The first-order valence-corrected chi connectivity index (χ1v) is 7.07. The van der Waals surface area contributed by atoms with Crippen LogP contribution in [0.2, 0.25) is 0 Å². The number of nitrogens with one attached hydrogen (secondary N) is 1. The van der Waals surface area contributed by atoms with E-state index in [0.717, 1.165) is 45.5 Å². The molecule has 3 saturated heterocycles. The number of hydrogen-bond acceptors (Lipinski definition) is 4. The Kier molecular flexibility index (Phi) is 3.82. The highest BCUT2D eigenvalue weighted by Gasteiger charge is 2.35. The average Bonchev–Trinajstić information content (AvgIpc) is 3.11. The molecule has 3 unspecified atom stereocenters. The standard InChI is InChI=1S/C13H22N2O3/c16-13(10-3-4-14-8-10)15-5-7-18-12(9-15)11-2-1-6-17-11/h10-12,14H,1-9H2. The van der Waals surface area contributed by atoms with Gasteiger partial charge in [0.1, 0.15) is 6.10 Å². The lowest BCUT2D eigenvalue weighted by Gasteiger charge is -2.36. The van der Waals surface area contributed by atoms with Crippen LogP contribution in [-0.2, 0) is 14.3 Å². The summed E-state index contributed by atoms with van der Waals surface area (Å²) in [5.41, 5.74) is 0. The molecule has 0 aromatic carbocycles. The van der Waals surface area contributed by atoms with Crippen molar-refractivity contribution in [3.63, 3.8) is 0 Å². The van der Waals surface area contributed by atoms with E-state index in [9.17, 15) is 4.79 Å². The molecule has 3 atom stereocenters. The van der Waals surface area contributed by atoms with Crippen molar-refractivity contribution in [3.8, 4) is 0 Å². The first-order valence-electron chi connectivity index (χ1n) is 7.07. The van der Waals surface area contributed by atoms with E-state index in [-0.39, 0.29) is 18.1 Å². The van der Waals surface area contributed by atoms with Crippen molar-refractivity contribution in [2.75, 3.05) is 39.4 Å². The fourth-order valence-corrected chi connectivity index (χ4v) is 3.12. The Morgan fingerprint density at radius 1 is 1.17 bits per heavy atom. The van der Waals surface area contributed by atoms with E-state index in [2.05, 4.69) is 5.32 Å². The van der Waals surface area contributed by atoms with Crippen molar-refractivity contribution in [3.05, 3.63) is 0 Å². The largest absolute Gasteiger partial charge is 0.375 e. The summed E-state index contributed by atoms with van der Waals surface area (Å²) in [5, 5.41) is 3.26. The lowest BCUT2D eigenvalue weighted by atomic mass is 10.0. The van der Waals surface area contributed by atoms with Gasteiger partial charge in [0.2, 0.25) is 5.91 Å². The molecule has 5 heteroatoms. The lowest BCUT2D eigenvalue weighted by molar-refractivity contribution is -0.148. The van der Waals surface area contributed by atoms with Crippen molar-refractivity contribution in [1.29, 1.82) is 0 Å². The van der Waals surface area contributed by atoms with Gasteiger partial charge in [-0.25, -0.2) is 0 Å². The van der Waals surface area contributed by atoms with Gasteiger partial charge in [-0.2, -0.15) is 0 Å². The van der Waals surface area contributed by atoms with E-state index >= 15 is 0 Å². The summed E-state index contributed by atoms with van der Waals surface area (Å²) >= 11 is 0. The number of amides is 1. The zero-order chi connectivity index (χ0) is 12.4. The van der Waals surface area contributed by atoms with Crippen LogP contribution in [0.3, 0.4) is 0 Å². The Morgan fingerprint density at radius 3 is 2.78 bits per heavy atom. The second-order valence-corrected chi connectivity index (χ2v) is 5.43. The molecule has 0 aromatic rings. The molecule has 18 heavy (non-hydrogen) atoms. The monoisotopic (exact) mass is 254 g/mol. The summed E-state index contributed by atoms with van der Waals surface area (Å²) in [6.45, 7) is 4.73. The Hall–Kier alpha value is -0.650. The quantitative estimate of drug-likeness (QED) is 0.754. The number of hydrogen-bond donors (Lipinski definition) is 1. The van der Waals surface area contributed by atoms with Crippen LogP contribution in [0.15, 0.2) is 0 Å². The van der Waals surface area contributed by atoms with Crippen LogP contribution in [0.5, 0.6) is 0 Å². The number of ether oxygens (including phenoxy) is 2. The van der Waals surface area contributed by atoms with Gasteiger partial charge in [-0.3, -0.25) is 4.79 Å². The van der Waals surface area contributed by atoms with E-state index in [4.69, 9.17) is 9.47 Å². The highest BCUT2D eigenvalue weighted by Crippen LogP contribution is 2.22. The molecule has 1 N–H and O–H groups in total. The molecule has 0 saturated carbocycles.